The van der Waals surface area contributed by atoms with E-state index in [-0.39, 0.29) is 5.41 Å². The van der Waals surface area contributed by atoms with Gasteiger partial charge >= 0.3 is 0 Å². The number of nitrogens with one attached hydrogen (secondary N) is 1. The molecule has 2 fully saturated rings. The molecule has 3 rings (SSSR count). The van der Waals surface area contributed by atoms with Crippen molar-refractivity contribution >= 4 is 10.0 Å². The molecule has 0 aliphatic carbocycles. The molecule has 0 unspecified atom stereocenters. The Bertz CT molecular complexity index is 524. The molecular weight excluding hydrogens is 236 g/mol. The van der Waals surface area contributed by atoms with Crippen LogP contribution in [-0.2, 0) is 10.0 Å². The van der Waals surface area contributed by atoms with E-state index in [1.54, 1.807) is 16.4 Å². The van der Waals surface area contributed by atoms with Crippen LogP contribution >= 0.6 is 0 Å². The summed E-state index contributed by atoms with van der Waals surface area (Å²) in [7, 11) is -3.26. The highest BCUT2D eigenvalue weighted by Crippen LogP contribution is 2.37. The number of rotatable bonds is 2. The molecule has 1 spiro atoms. The minimum atomic E-state index is -3.26. The van der Waals surface area contributed by atoms with Crippen molar-refractivity contribution in [2.24, 2.45) is 5.41 Å². The minimum absolute atomic E-state index is 0.234. The van der Waals surface area contributed by atoms with Gasteiger partial charge in [-0.05, 0) is 19.1 Å². The van der Waals surface area contributed by atoms with Gasteiger partial charge in [0.1, 0.15) is 0 Å². The summed E-state index contributed by atoms with van der Waals surface area (Å²) in [5, 5.41) is 3.20. The maximum absolute atomic E-state index is 12.3. The molecule has 0 saturated carbocycles. The Morgan fingerprint density at radius 2 is 1.76 bits per heavy atom. The van der Waals surface area contributed by atoms with Gasteiger partial charge in [-0.15, -0.1) is 0 Å². The van der Waals surface area contributed by atoms with Crippen LogP contribution in [0.25, 0.3) is 0 Å². The molecule has 0 amide bonds. The fourth-order valence-corrected chi connectivity index (χ4v) is 4.10. The Labute approximate surface area is 102 Å². The fraction of sp³-hybridized carbons (Fsp3) is 0.500. The van der Waals surface area contributed by atoms with Crippen LogP contribution in [-0.4, -0.2) is 38.9 Å². The Morgan fingerprint density at radius 3 is 2.24 bits per heavy atom. The van der Waals surface area contributed by atoms with Gasteiger partial charge in [0.05, 0.1) is 4.90 Å². The van der Waals surface area contributed by atoms with Gasteiger partial charge in [0.25, 0.3) is 0 Å². The summed E-state index contributed by atoms with van der Waals surface area (Å²) < 4.78 is 26.1. The van der Waals surface area contributed by atoms with Crippen LogP contribution in [0.1, 0.15) is 5.56 Å². The maximum atomic E-state index is 12.3. The second kappa shape index (κ2) is 3.54. The van der Waals surface area contributed by atoms with Crippen molar-refractivity contribution in [3.63, 3.8) is 0 Å². The first-order valence-electron chi connectivity index (χ1n) is 5.80. The number of hydrogen-bond donors (Lipinski definition) is 1. The summed E-state index contributed by atoms with van der Waals surface area (Å²) in [6.45, 7) is 5.18. The molecule has 4 nitrogen and oxygen atoms in total. The Morgan fingerprint density at radius 1 is 1.18 bits per heavy atom. The average Bonchev–Trinajstić information content (AvgIpc) is 2.13. The monoisotopic (exact) mass is 252 g/mol. The van der Waals surface area contributed by atoms with Crippen molar-refractivity contribution in [2.75, 3.05) is 26.2 Å². The number of aryl methyl sites for hydroxylation is 1. The number of benzene rings is 1. The molecule has 5 heteroatoms. The minimum Gasteiger partial charge on any atom is -0.315 e. The summed E-state index contributed by atoms with van der Waals surface area (Å²) >= 11 is 0. The molecule has 17 heavy (non-hydrogen) atoms. The smallest absolute Gasteiger partial charge is 0.243 e. The largest absolute Gasteiger partial charge is 0.315 e. The summed E-state index contributed by atoms with van der Waals surface area (Å²) in [5.41, 5.74) is 1.31. The zero-order chi connectivity index (χ0) is 12.1. The molecule has 0 atom stereocenters. The second-order valence-electron chi connectivity index (χ2n) is 5.19. The van der Waals surface area contributed by atoms with Crippen LogP contribution in [0.2, 0.25) is 0 Å². The first-order valence-corrected chi connectivity index (χ1v) is 7.24. The van der Waals surface area contributed by atoms with Gasteiger partial charge < -0.3 is 5.32 Å². The third-order valence-electron chi connectivity index (χ3n) is 3.68. The molecule has 1 aromatic rings. The van der Waals surface area contributed by atoms with E-state index in [4.69, 9.17) is 0 Å². The van der Waals surface area contributed by atoms with E-state index < -0.39 is 10.0 Å². The summed E-state index contributed by atoms with van der Waals surface area (Å²) in [6, 6.07) is 7.06. The van der Waals surface area contributed by atoms with Crippen LogP contribution in [0.15, 0.2) is 29.2 Å². The van der Waals surface area contributed by atoms with Crippen LogP contribution in [0.5, 0.6) is 0 Å². The van der Waals surface area contributed by atoms with E-state index in [1.807, 2.05) is 19.1 Å². The molecule has 0 bridgehead atoms. The highest BCUT2D eigenvalue weighted by Gasteiger charge is 2.51. The number of sulfonamides is 1. The molecule has 92 valence electrons. The van der Waals surface area contributed by atoms with Crippen molar-refractivity contribution in [2.45, 2.75) is 11.8 Å². The third kappa shape index (κ3) is 1.69. The van der Waals surface area contributed by atoms with Crippen LogP contribution < -0.4 is 5.32 Å². The van der Waals surface area contributed by atoms with E-state index in [0.29, 0.717) is 18.0 Å². The average molecular weight is 252 g/mol. The zero-order valence-electron chi connectivity index (χ0n) is 9.81. The lowest BCUT2D eigenvalue weighted by Gasteiger charge is -2.55. The summed E-state index contributed by atoms with van der Waals surface area (Å²) in [4.78, 5) is 0.408. The quantitative estimate of drug-likeness (QED) is 0.838. The highest BCUT2D eigenvalue weighted by atomic mass is 32.2. The van der Waals surface area contributed by atoms with Gasteiger partial charge in [-0.2, -0.15) is 4.31 Å². The van der Waals surface area contributed by atoms with Crippen LogP contribution in [0, 0.1) is 12.3 Å². The number of nitrogens with zero attached hydrogens (tertiary/aromatic N) is 1. The maximum Gasteiger partial charge on any atom is 0.243 e. The molecule has 1 aromatic carbocycles. The first kappa shape index (κ1) is 11.2. The summed E-state index contributed by atoms with van der Waals surface area (Å²) in [5.74, 6) is 0. The van der Waals surface area contributed by atoms with E-state index in [9.17, 15) is 8.42 Å². The SMILES string of the molecule is Cc1ccc(S(=O)(=O)N2CC3(CNC3)C2)cc1. The lowest BCUT2D eigenvalue weighted by Crippen LogP contribution is -2.71. The lowest BCUT2D eigenvalue weighted by molar-refractivity contribution is 0.0164. The Kier molecular flexibility index (Phi) is 2.33. The summed E-state index contributed by atoms with van der Waals surface area (Å²) in [6.07, 6.45) is 0. The second-order valence-corrected chi connectivity index (χ2v) is 7.13. The van der Waals surface area contributed by atoms with Crippen molar-refractivity contribution in [3.8, 4) is 0 Å². The van der Waals surface area contributed by atoms with E-state index in [1.165, 1.54) is 0 Å². The topological polar surface area (TPSA) is 49.4 Å². The van der Waals surface area contributed by atoms with E-state index >= 15 is 0 Å². The standard InChI is InChI=1S/C12H16N2O2S/c1-10-2-4-11(5-3-10)17(15,16)14-8-12(9-14)6-13-7-12/h2-5,13H,6-9H2,1H3. The molecule has 2 aliphatic rings. The van der Waals surface area contributed by atoms with Gasteiger partial charge in [0.15, 0.2) is 0 Å². The highest BCUT2D eigenvalue weighted by molar-refractivity contribution is 7.89. The molecule has 2 aliphatic heterocycles. The Balaban J connectivity index is 1.80. The van der Waals surface area contributed by atoms with Crippen LogP contribution in [0.3, 0.4) is 0 Å². The van der Waals surface area contributed by atoms with Gasteiger partial charge in [-0.3, -0.25) is 0 Å². The molecule has 2 heterocycles. The normalized spacial score (nSPS) is 23.1. The van der Waals surface area contributed by atoms with Crippen molar-refractivity contribution in [1.29, 1.82) is 0 Å². The van der Waals surface area contributed by atoms with Crippen molar-refractivity contribution in [1.82, 2.24) is 9.62 Å². The predicted octanol–water partition coefficient (Wildman–Crippen LogP) is 0.589. The third-order valence-corrected chi connectivity index (χ3v) is 5.49. The first-order chi connectivity index (χ1) is 8.02. The van der Waals surface area contributed by atoms with Gasteiger partial charge in [-0.1, -0.05) is 17.7 Å². The van der Waals surface area contributed by atoms with E-state index in [2.05, 4.69) is 5.32 Å². The van der Waals surface area contributed by atoms with Gasteiger partial charge in [0.2, 0.25) is 10.0 Å². The van der Waals surface area contributed by atoms with Gasteiger partial charge in [-0.25, -0.2) is 8.42 Å². The van der Waals surface area contributed by atoms with Crippen molar-refractivity contribution < 1.29 is 8.42 Å². The molecule has 0 aromatic heterocycles. The van der Waals surface area contributed by atoms with E-state index in [0.717, 1.165) is 18.7 Å². The predicted molar refractivity (Wildman–Crippen MR) is 65.2 cm³/mol. The lowest BCUT2D eigenvalue weighted by atomic mass is 9.76. The Hall–Kier alpha value is -0.910. The van der Waals surface area contributed by atoms with Gasteiger partial charge in [0, 0.05) is 31.6 Å². The molecule has 1 N–H and O–H groups in total. The number of hydrogen-bond acceptors (Lipinski definition) is 3. The molecule has 2 saturated heterocycles. The van der Waals surface area contributed by atoms with Crippen molar-refractivity contribution in [3.05, 3.63) is 29.8 Å². The fourth-order valence-electron chi connectivity index (χ4n) is 2.43. The zero-order valence-corrected chi connectivity index (χ0v) is 10.6. The molecule has 0 radical (unpaired) electrons. The molecular formula is C12H16N2O2S. The van der Waals surface area contributed by atoms with Crippen LogP contribution in [0.4, 0.5) is 0 Å².